The van der Waals surface area contributed by atoms with Crippen LogP contribution in [0, 0.1) is 0 Å². The van der Waals surface area contributed by atoms with E-state index in [4.69, 9.17) is 5.73 Å². The smallest absolute Gasteiger partial charge is 0.214 e. The Morgan fingerprint density at radius 1 is 1.25 bits per heavy atom. The largest absolute Gasteiger partial charge is 0.330 e. The third-order valence-corrected chi connectivity index (χ3v) is 4.21. The van der Waals surface area contributed by atoms with Gasteiger partial charge in [0.15, 0.2) is 0 Å². The van der Waals surface area contributed by atoms with Crippen LogP contribution in [0.5, 0.6) is 0 Å². The summed E-state index contributed by atoms with van der Waals surface area (Å²) in [6.07, 6.45) is 0.501. The third-order valence-electron chi connectivity index (χ3n) is 2.33. The van der Waals surface area contributed by atoms with Crippen LogP contribution in [0.2, 0.25) is 0 Å². The van der Waals surface area contributed by atoms with Crippen molar-refractivity contribution >= 4 is 10.0 Å². The number of nitrogens with zero attached hydrogens (tertiary/aromatic N) is 1. The molecule has 0 spiro atoms. The van der Waals surface area contributed by atoms with E-state index in [2.05, 4.69) is 0 Å². The molecule has 0 aromatic heterocycles. The molecular formula is C11H18N2O2S. The predicted molar refractivity (Wildman–Crippen MR) is 65.4 cm³/mol. The SMILES string of the molecule is CN(Cc1ccccc1)S(=O)(=O)CCCN. The van der Waals surface area contributed by atoms with Gasteiger partial charge >= 0.3 is 0 Å². The summed E-state index contributed by atoms with van der Waals surface area (Å²) < 4.78 is 24.9. The molecule has 0 fully saturated rings. The van der Waals surface area contributed by atoms with Crippen molar-refractivity contribution in [2.24, 2.45) is 5.73 Å². The normalized spacial score (nSPS) is 11.9. The van der Waals surface area contributed by atoms with Crippen LogP contribution in [0.15, 0.2) is 30.3 Å². The van der Waals surface area contributed by atoms with Crippen molar-refractivity contribution < 1.29 is 8.42 Å². The summed E-state index contributed by atoms with van der Waals surface area (Å²) in [5.41, 5.74) is 6.29. The molecule has 2 N–H and O–H groups in total. The highest BCUT2D eigenvalue weighted by Gasteiger charge is 2.16. The van der Waals surface area contributed by atoms with Crippen LogP contribution in [0.4, 0.5) is 0 Å². The maximum Gasteiger partial charge on any atom is 0.214 e. The fourth-order valence-electron chi connectivity index (χ4n) is 1.36. The summed E-state index contributed by atoms with van der Waals surface area (Å²) in [5, 5.41) is 0. The molecule has 0 radical (unpaired) electrons. The van der Waals surface area contributed by atoms with Gasteiger partial charge in [-0.05, 0) is 18.5 Å². The first kappa shape index (κ1) is 13.2. The molecule has 0 unspecified atom stereocenters. The Morgan fingerprint density at radius 2 is 1.88 bits per heavy atom. The number of nitrogens with two attached hydrogens (primary N) is 1. The Hall–Kier alpha value is -0.910. The Balaban J connectivity index is 2.61. The Bertz CT molecular complexity index is 403. The van der Waals surface area contributed by atoms with Crippen LogP contribution in [0.3, 0.4) is 0 Å². The minimum atomic E-state index is -3.17. The van der Waals surface area contributed by atoms with Crippen molar-refractivity contribution in [1.82, 2.24) is 4.31 Å². The summed E-state index contributed by atoms with van der Waals surface area (Å²) in [7, 11) is -1.57. The first-order chi connectivity index (χ1) is 7.56. The number of rotatable bonds is 6. The summed E-state index contributed by atoms with van der Waals surface area (Å²) in [5.74, 6) is 0.118. The van der Waals surface area contributed by atoms with Crippen molar-refractivity contribution in [2.45, 2.75) is 13.0 Å². The van der Waals surface area contributed by atoms with Crippen molar-refractivity contribution in [2.75, 3.05) is 19.3 Å². The van der Waals surface area contributed by atoms with Crippen molar-refractivity contribution in [3.8, 4) is 0 Å². The number of hydrogen-bond acceptors (Lipinski definition) is 3. The van der Waals surface area contributed by atoms with E-state index in [0.717, 1.165) is 5.56 Å². The van der Waals surface area contributed by atoms with Crippen LogP contribution >= 0.6 is 0 Å². The van der Waals surface area contributed by atoms with Crippen LogP contribution < -0.4 is 5.73 Å². The van der Waals surface area contributed by atoms with E-state index in [1.807, 2.05) is 30.3 Å². The average Bonchev–Trinajstić information content (AvgIpc) is 2.28. The number of benzene rings is 1. The van der Waals surface area contributed by atoms with Crippen LogP contribution in [0.1, 0.15) is 12.0 Å². The van der Waals surface area contributed by atoms with Gasteiger partial charge in [-0.15, -0.1) is 0 Å². The molecule has 0 atom stereocenters. The van der Waals surface area contributed by atoms with E-state index >= 15 is 0 Å². The lowest BCUT2D eigenvalue weighted by Crippen LogP contribution is -2.29. The molecule has 4 nitrogen and oxygen atoms in total. The van der Waals surface area contributed by atoms with Gasteiger partial charge in [0.2, 0.25) is 10.0 Å². The summed E-state index contributed by atoms with van der Waals surface area (Å²) in [4.78, 5) is 0. The highest BCUT2D eigenvalue weighted by atomic mass is 32.2. The predicted octanol–water partition coefficient (Wildman–Crippen LogP) is 0.797. The Kier molecular flexibility index (Phi) is 4.92. The molecule has 0 bridgehead atoms. The minimum Gasteiger partial charge on any atom is -0.330 e. The summed E-state index contributed by atoms with van der Waals surface area (Å²) in [6, 6.07) is 9.53. The minimum absolute atomic E-state index is 0.118. The monoisotopic (exact) mass is 242 g/mol. The van der Waals surface area contributed by atoms with Gasteiger partial charge in [0.25, 0.3) is 0 Å². The molecule has 0 aliphatic carbocycles. The van der Waals surface area contributed by atoms with Gasteiger partial charge in [0.1, 0.15) is 0 Å². The van der Waals surface area contributed by atoms with Gasteiger partial charge in [0, 0.05) is 13.6 Å². The second kappa shape index (κ2) is 5.98. The molecule has 5 heteroatoms. The molecule has 90 valence electrons. The zero-order valence-electron chi connectivity index (χ0n) is 9.46. The zero-order chi connectivity index (χ0) is 12.0. The molecule has 1 aromatic carbocycles. The van der Waals surface area contributed by atoms with Gasteiger partial charge in [-0.1, -0.05) is 30.3 Å². The molecule has 0 aliphatic heterocycles. The lowest BCUT2D eigenvalue weighted by atomic mass is 10.2. The lowest BCUT2D eigenvalue weighted by Gasteiger charge is -2.16. The summed E-state index contributed by atoms with van der Waals surface area (Å²) >= 11 is 0. The van der Waals surface area contributed by atoms with E-state index in [1.165, 1.54) is 4.31 Å². The average molecular weight is 242 g/mol. The molecule has 1 aromatic rings. The van der Waals surface area contributed by atoms with E-state index < -0.39 is 10.0 Å². The maximum atomic E-state index is 11.8. The second-order valence-electron chi connectivity index (χ2n) is 3.70. The molecular weight excluding hydrogens is 224 g/mol. The summed E-state index contributed by atoms with van der Waals surface area (Å²) in [6.45, 7) is 0.812. The van der Waals surface area contributed by atoms with Crippen LogP contribution in [-0.4, -0.2) is 32.1 Å². The van der Waals surface area contributed by atoms with Gasteiger partial charge in [-0.3, -0.25) is 0 Å². The van der Waals surface area contributed by atoms with E-state index in [1.54, 1.807) is 7.05 Å². The van der Waals surface area contributed by atoms with Gasteiger partial charge < -0.3 is 5.73 Å². The Labute approximate surface area is 97.1 Å². The van der Waals surface area contributed by atoms with Crippen molar-refractivity contribution in [3.63, 3.8) is 0 Å². The quantitative estimate of drug-likeness (QED) is 0.802. The van der Waals surface area contributed by atoms with E-state index in [9.17, 15) is 8.42 Å². The Morgan fingerprint density at radius 3 is 2.44 bits per heavy atom. The third kappa shape index (κ3) is 3.92. The molecule has 1 rings (SSSR count). The van der Waals surface area contributed by atoms with E-state index in [0.29, 0.717) is 19.5 Å². The zero-order valence-corrected chi connectivity index (χ0v) is 10.3. The molecule has 0 amide bonds. The fourth-order valence-corrected chi connectivity index (χ4v) is 2.55. The number of sulfonamides is 1. The molecule has 16 heavy (non-hydrogen) atoms. The highest BCUT2D eigenvalue weighted by molar-refractivity contribution is 7.89. The number of hydrogen-bond donors (Lipinski definition) is 1. The van der Waals surface area contributed by atoms with Gasteiger partial charge in [0.05, 0.1) is 5.75 Å². The molecule has 0 saturated heterocycles. The van der Waals surface area contributed by atoms with Crippen molar-refractivity contribution in [3.05, 3.63) is 35.9 Å². The van der Waals surface area contributed by atoms with Crippen LogP contribution in [-0.2, 0) is 16.6 Å². The first-order valence-corrected chi connectivity index (χ1v) is 6.85. The maximum absolute atomic E-state index is 11.8. The van der Waals surface area contributed by atoms with Gasteiger partial charge in [-0.2, -0.15) is 0 Å². The first-order valence-electron chi connectivity index (χ1n) is 5.24. The topological polar surface area (TPSA) is 63.4 Å². The van der Waals surface area contributed by atoms with Crippen molar-refractivity contribution in [1.29, 1.82) is 0 Å². The highest BCUT2D eigenvalue weighted by Crippen LogP contribution is 2.07. The lowest BCUT2D eigenvalue weighted by molar-refractivity contribution is 0.465. The molecule has 0 aliphatic rings. The van der Waals surface area contributed by atoms with Gasteiger partial charge in [-0.25, -0.2) is 12.7 Å². The fraction of sp³-hybridized carbons (Fsp3) is 0.455. The van der Waals surface area contributed by atoms with Crippen LogP contribution in [0.25, 0.3) is 0 Å². The molecule has 0 heterocycles. The molecule has 0 saturated carbocycles. The van der Waals surface area contributed by atoms with E-state index in [-0.39, 0.29) is 5.75 Å². The second-order valence-corrected chi connectivity index (χ2v) is 5.90. The standard InChI is InChI=1S/C11H18N2O2S/c1-13(16(14,15)9-5-8-12)10-11-6-3-2-4-7-11/h2-4,6-7H,5,8-10,12H2,1H3.